The second-order valence-corrected chi connectivity index (χ2v) is 7.29. The number of hydrogen-bond donors (Lipinski definition) is 1. The molecule has 1 N–H and O–H groups in total. The fourth-order valence-corrected chi connectivity index (χ4v) is 3.86. The number of rotatable bonds is 3. The summed E-state index contributed by atoms with van der Waals surface area (Å²) in [5, 5.41) is 1.67. The Bertz CT molecular complexity index is 954. The predicted molar refractivity (Wildman–Crippen MR) is 102 cm³/mol. The van der Waals surface area contributed by atoms with E-state index in [1.165, 1.54) is 11.3 Å². The Hall–Kier alpha value is -1.98. The van der Waals surface area contributed by atoms with E-state index in [-0.39, 0.29) is 12.5 Å². The van der Waals surface area contributed by atoms with Crippen LogP contribution >= 0.6 is 27.5 Å². The van der Waals surface area contributed by atoms with Gasteiger partial charge in [0, 0.05) is 40.6 Å². The maximum absolute atomic E-state index is 12.6. The fourth-order valence-electron chi connectivity index (χ4n) is 3.21. The average Bonchev–Trinajstić information content (AvgIpc) is 3.00. The van der Waals surface area contributed by atoms with Gasteiger partial charge in [-0.15, -0.1) is 0 Å². The molecule has 6 heteroatoms. The number of aromatic amines is 1. The van der Waals surface area contributed by atoms with Gasteiger partial charge in [0.15, 0.2) is 6.61 Å². The minimum atomic E-state index is -0.0325. The van der Waals surface area contributed by atoms with Crippen LogP contribution < -0.4 is 4.74 Å². The molecule has 0 spiro atoms. The fraction of sp³-hybridized carbons (Fsp3) is 0.211. The molecule has 25 heavy (non-hydrogen) atoms. The second-order valence-electron chi connectivity index (χ2n) is 6.03. The van der Waals surface area contributed by atoms with E-state index in [0.29, 0.717) is 23.9 Å². The van der Waals surface area contributed by atoms with Gasteiger partial charge in [-0.25, -0.2) is 0 Å². The van der Waals surface area contributed by atoms with Crippen LogP contribution in [0.1, 0.15) is 11.3 Å². The monoisotopic (exact) mass is 418 g/mol. The molecule has 1 aliphatic rings. The van der Waals surface area contributed by atoms with Gasteiger partial charge in [-0.3, -0.25) is 4.79 Å². The number of H-pyrrole nitrogens is 1. The molecule has 2 heterocycles. The Kier molecular flexibility index (Phi) is 4.44. The number of aromatic nitrogens is 1. The van der Waals surface area contributed by atoms with E-state index in [1.807, 2.05) is 29.2 Å². The molecule has 0 bridgehead atoms. The number of ether oxygens (including phenoxy) is 1. The lowest BCUT2D eigenvalue weighted by atomic mass is 10.0. The van der Waals surface area contributed by atoms with E-state index >= 15 is 0 Å². The van der Waals surface area contributed by atoms with Gasteiger partial charge in [0.05, 0.1) is 10.5 Å². The highest BCUT2D eigenvalue weighted by Crippen LogP contribution is 2.32. The predicted octanol–water partition coefficient (Wildman–Crippen LogP) is 4.55. The smallest absolute Gasteiger partial charge is 0.260 e. The average molecular weight is 420 g/mol. The summed E-state index contributed by atoms with van der Waals surface area (Å²) in [6.45, 7) is 1.27. The van der Waals surface area contributed by atoms with Crippen molar-refractivity contribution in [2.45, 2.75) is 13.0 Å². The quantitative estimate of drug-likeness (QED) is 0.677. The lowest BCUT2D eigenvalue weighted by Gasteiger charge is -2.27. The Labute approximate surface area is 158 Å². The summed E-state index contributed by atoms with van der Waals surface area (Å²) >= 11 is 9.65. The van der Waals surface area contributed by atoms with Gasteiger partial charge in [0.25, 0.3) is 5.91 Å². The standard InChI is InChI=1S/C19H16BrClN2O2/c20-14-5-3-4-12-13-10-23(9-8-16(13)22-19(12)14)18(24)11-25-17-7-2-1-6-15(17)21/h1-7,22H,8-11H2. The van der Waals surface area contributed by atoms with Gasteiger partial charge in [-0.2, -0.15) is 0 Å². The summed E-state index contributed by atoms with van der Waals surface area (Å²) in [7, 11) is 0. The lowest BCUT2D eigenvalue weighted by Crippen LogP contribution is -2.38. The minimum Gasteiger partial charge on any atom is -0.482 e. The van der Waals surface area contributed by atoms with Gasteiger partial charge in [0.1, 0.15) is 5.75 Å². The molecule has 0 atom stereocenters. The van der Waals surface area contributed by atoms with Gasteiger partial charge in [-0.05, 0) is 34.1 Å². The van der Waals surface area contributed by atoms with Crippen molar-refractivity contribution < 1.29 is 9.53 Å². The molecule has 4 rings (SSSR count). The number of hydrogen-bond acceptors (Lipinski definition) is 2. The zero-order valence-corrected chi connectivity index (χ0v) is 15.7. The van der Waals surface area contributed by atoms with Crippen molar-refractivity contribution in [2.24, 2.45) is 0 Å². The van der Waals surface area contributed by atoms with Gasteiger partial charge >= 0.3 is 0 Å². The molecule has 2 aromatic carbocycles. The Balaban J connectivity index is 1.50. The van der Waals surface area contributed by atoms with E-state index < -0.39 is 0 Å². The molecule has 0 radical (unpaired) electrons. The van der Waals surface area contributed by atoms with Crippen LogP contribution in [-0.2, 0) is 17.8 Å². The van der Waals surface area contributed by atoms with E-state index in [1.54, 1.807) is 12.1 Å². The van der Waals surface area contributed by atoms with E-state index in [9.17, 15) is 4.79 Å². The van der Waals surface area contributed by atoms with Crippen LogP contribution in [0.2, 0.25) is 5.02 Å². The molecule has 1 amide bonds. The van der Waals surface area contributed by atoms with Crippen LogP contribution in [0.25, 0.3) is 10.9 Å². The Morgan fingerprint density at radius 1 is 1.24 bits per heavy atom. The number of halogens is 2. The molecule has 0 aliphatic carbocycles. The number of amides is 1. The molecule has 4 nitrogen and oxygen atoms in total. The van der Waals surface area contributed by atoms with Crippen molar-refractivity contribution in [3.05, 3.63) is 63.2 Å². The Morgan fingerprint density at radius 2 is 2.08 bits per heavy atom. The first-order valence-electron chi connectivity index (χ1n) is 8.06. The molecular weight excluding hydrogens is 404 g/mol. The SMILES string of the molecule is O=C(COc1ccccc1Cl)N1CCc2[nH]c3c(Br)cccc3c2C1. The molecular formula is C19H16BrClN2O2. The molecule has 0 fully saturated rings. The summed E-state index contributed by atoms with van der Waals surface area (Å²) in [6.07, 6.45) is 0.814. The maximum atomic E-state index is 12.6. The van der Waals surface area contributed by atoms with Crippen molar-refractivity contribution in [1.82, 2.24) is 9.88 Å². The van der Waals surface area contributed by atoms with Crippen molar-refractivity contribution in [1.29, 1.82) is 0 Å². The highest BCUT2D eigenvalue weighted by atomic mass is 79.9. The first kappa shape index (κ1) is 16.5. The van der Waals surface area contributed by atoms with Crippen molar-refractivity contribution in [3.63, 3.8) is 0 Å². The summed E-state index contributed by atoms with van der Waals surface area (Å²) in [4.78, 5) is 17.9. The summed E-state index contributed by atoms with van der Waals surface area (Å²) in [6, 6.07) is 13.3. The summed E-state index contributed by atoms with van der Waals surface area (Å²) < 4.78 is 6.63. The number of para-hydroxylation sites is 2. The molecule has 1 aromatic heterocycles. The van der Waals surface area contributed by atoms with Crippen LogP contribution in [0.15, 0.2) is 46.9 Å². The zero-order chi connectivity index (χ0) is 17.4. The number of nitrogens with zero attached hydrogens (tertiary/aromatic N) is 1. The van der Waals surface area contributed by atoms with Gasteiger partial charge in [0.2, 0.25) is 0 Å². The van der Waals surface area contributed by atoms with Gasteiger partial charge in [-0.1, -0.05) is 35.9 Å². The van der Waals surface area contributed by atoms with E-state index in [4.69, 9.17) is 16.3 Å². The zero-order valence-electron chi connectivity index (χ0n) is 13.4. The third-order valence-electron chi connectivity index (χ3n) is 4.50. The highest BCUT2D eigenvalue weighted by Gasteiger charge is 2.24. The van der Waals surface area contributed by atoms with E-state index in [2.05, 4.69) is 27.0 Å². The molecule has 1 aliphatic heterocycles. The van der Waals surface area contributed by atoms with Crippen LogP contribution in [0, 0.1) is 0 Å². The van der Waals surface area contributed by atoms with Crippen molar-refractivity contribution in [3.8, 4) is 5.75 Å². The second kappa shape index (κ2) is 6.73. The first-order valence-corrected chi connectivity index (χ1v) is 9.23. The number of carbonyl (C=O) groups is 1. The molecule has 0 saturated heterocycles. The molecule has 3 aromatic rings. The summed E-state index contributed by atoms with van der Waals surface area (Å²) in [5.41, 5.74) is 3.49. The molecule has 128 valence electrons. The number of fused-ring (bicyclic) bond motifs is 3. The number of carbonyl (C=O) groups excluding carboxylic acids is 1. The lowest BCUT2D eigenvalue weighted by molar-refractivity contribution is -0.134. The first-order chi connectivity index (χ1) is 12.1. The third-order valence-corrected chi connectivity index (χ3v) is 5.47. The topological polar surface area (TPSA) is 45.3 Å². The van der Waals surface area contributed by atoms with Crippen molar-refractivity contribution in [2.75, 3.05) is 13.2 Å². The maximum Gasteiger partial charge on any atom is 0.260 e. The van der Waals surface area contributed by atoms with Crippen LogP contribution in [0.5, 0.6) is 5.75 Å². The third kappa shape index (κ3) is 3.14. The van der Waals surface area contributed by atoms with Gasteiger partial charge < -0.3 is 14.6 Å². The minimum absolute atomic E-state index is 0.00881. The van der Waals surface area contributed by atoms with E-state index in [0.717, 1.165) is 21.8 Å². The Morgan fingerprint density at radius 3 is 2.92 bits per heavy atom. The normalized spacial score (nSPS) is 13.8. The van der Waals surface area contributed by atoms with Crippen LogP contribution in [-0.4, -0.2) is 28.9 Å². The largest absolute Gasteiger partial charge is 0.482 e. The van der Waals surface area contributed by atoms with Crippen LogP contribution in [0.4, 0.5) is 0 Å². The highest BCUT2D eigenvalue weighted by molar-refractivity contribution is 9.10. The number of nitrogens with one attached hydrogen (secondary N) is 1. The molecule has 0 unspecified atom stereocenters. The summed E-state index contributed by atoms with van der Waals surface area (Å²) in [5.74, 6) is 0.501. The number of benzene rings is 2. The van der Waals surface area contributed by atoms with Crippen molar-refractivity contribution >= 4 is 44.3 Å². The molecule has 0 saturated carbocycles. The van der Waals surface area contributed by atoms with Crippen LogP contribution in [0.3, 0.4) is 0 Å².